The molecule has 17 heavy (non-hydrogen) atoms. The van der Waals surface area contributed by atoms with Crippen molar-refractivity contribution < 1.29 is 0 Å². The number of rotatable bonds is 2. The Morgan fingerprint density at radius 2 is 2.41 bits per heavy atom. The van der Waals surface area contributed by atoms with Crippen LogP contribution in [0.1, 0.15) is 12.8 Å². The third-order valence-electron chi connectivity index (χ3n) is 3.25. The minimum atomic E-state index is -0.251. The number of halogens is 1. The number of hydrogen-bond donors (Lipinski definition) is 1. The van der Waals surface area contributed by atoms with Crippen LogP contribution in [0.3, 0.4) is 0 Å². The van der Waals surface area contributed by atoms with Crippen LogP contribution in [0.25, 0.3) is 0 Å². The lowest BCUT2D eigenvalue weighted by Gasteiger charge is -2.33. The number of nitrogens with zero attached hydrogens (tertiary/aromatic N) is 3. The quantitative estimate of drug-likeness (QED) is 0.842. The summed E-state index contributed by atoms with van der Waals surface area (Å²) in [6.45, 7) is 2.43. The van der Waals surface area contributed by atoms with Gasteiger partial charge in [0.25, 0.3) is 5.56 Å². The minimum absolute atomic E-state index is 0.250. The molecule has 1 aliphatic rings. The van der Waals surface area contributed by atoms with E-state index in [0.29, 0.717) is 12.5 Å². The molecule has 0 aliphatic carbocycles. The lowest BCUT2D eigenvalue weighted by molar-refractivity contribution is 0.423. The van der Waals surface area contributed by atoms with E-state index in [1.54, 1.807) is 13.2 Å². The summed E-state index contributed by atoms with van der Waals surface area (Å²) in [6, 6.07) is 0. The van der Waals surface area contributed by atoms with Crippen LogP contribution in [0, 0.1) is 5.92 Å². The predicted molar refractivity (Wildman–Crippen MR) is 68.5 cm³/mol. The van der Waals surface area contributed by atoms with E-state index >= 15 is 0 Å². The highest BCUT2D eigenvalue weighted by molar-refractivity contribution is 6.33. The van der Waals surface area contributed by atoms with Crippen molar-refractivity contribution in [3.63, 3.8) is 0 Å². The predicted octanol–water partition coefficient (Wildman–Crippen LogP) is 0.609. The summed E-state index contributed by atoms with van der Waals surface area (Å²) in [4.78, 5) is 13.8. The molecule has 2 N–H and O–H groups in total. The summed E-state index contributed by atoms with van der Waals surface area (Å²) in [6.07, 6.45) is 3.87. The van der Waals surface area contributed by atoms with Crippen LogP contribution in [0.4, 0.5) is 5.69 Å². The van der Waals surface area contributed by atoms with Gasteiger partial charge in [0.2, 0.25) is 0 Å². The fraction of sp³-hybridized carbons (Fsp3) is 0.636. The maximum Gasteiger partial charge on any atom is 0.287 e. The zero-order valence-corrected chi connectivity index (χ0v) is 10.7. The Morgan fingerprint density at radius 3 is 3.12 bits per heavy atom. The van der Waals surface area contributed by atoms with E-state index in [0.717, 1.165) is 31.6 Å². The van der Waals surface area contributed by atoms with E-state index < -0.39 is 0 Å². The van der Waals surface area contributed by atoms with Crippen LogP contribution in [0.5, 0.6) is 0 Å². The van der Waals surface area contributed by atoms with Crippen LogP contribution < -0.4 is 16.2 Å². The van der Waals surface area contributed by atoms with Crippen molar-refractivity contribution in [1.82, 2.24) is 9.78 Å². The van der Waals surface area contributed by atoms with Crippen LogP contribution in [-0.4, -0.2) is 29.4 Å². The molecule has 0 radical (unpaired) electrons. The van der Waals surface area contributed by atoms with Gasteiger partial charge in [0.05, 0.1) is 11.9 Å². The highest BCUT2D eigenvalue weighted by Gasteiger charge is 2.22. The summed E-state index contributed by atoms with van der Waals surface area (Å²) < 4.78 is 1.25. The molecule has 0 aromatic carbocycles. The molecule has 2 rings (SSSR count). The van der Waals surface area contributed by atoms with Gasteiger partial charge in [-0.05, 0) is 25.3 Å². The fourth-order valence-electron chi connectivity index (χ4n) is 2.20. The Balaban J connectivity index is 2.28. The van der Waals surface area contributed by atoms with Crippen LogP contribution in [-0.2, 0) is 7.05 Å². The van der Waals surface area contributed by atoms with Crippen molar-refractivity contribution in [3.05, 3.63) is 21.6 Å². The second-order valence-electron chi connectivity index (χ2n) is 4.46. The van der Waals surface area contributed by atoms with E-state index in [1.165, 1.54) is 4.68 Å². The fourth-order valence-corrected chi connectivity index (χ4v) is 2.49. The SMILES string of the molecule is Cn1ncc(N2CCCC(CN)C2)c(Cl)c1=O. The number of nitrogens with two attached hydrogens (primary N) is 1. The third-order valence-corrected chi connectivity index (χ3v) is 3.61. The molecule has 2 heterocycles. The smallest absolute Gasteiger partial charge is 0.287 e. The van der Waals surface area contributed by atoms with Crippen molar-refractivity contribution in [2.24, 2.45) is 18.7 Å². The number of aryl methyl sites for hydroxylation is 1. The average Bonchev–Trinajstić information content (AvgIpc) is 2.36. The first-order chi connectivity index (χ1) is 8.13. The van der Waals surface area contributed by atoms with E-state index in [9.17, 15) is 4.79 Å². The standard InChI is InChI=1S/C11H17ClN4O/c1-15-11(17)10(12)9(6-14-15)16-4-2-3-8(5-13)7-16/h6,8H,2-5,7,13H2,1H3. The van der Waals surface area contributed by atoms with E-state index in [1.807, 2.05) is 0 Å². The molecule has 1 unspecified atom stereocenters. The lowest BCUT2D eigenvalue weighted by atomic mass is 9.98. The van der Waals surface area contributed by atoms with Gasteiger partial charge >= 0.3 is 0 Å². The summed E-state index contributed by atoms with van der Waals surface area (Å²) in [5, 5.41) is 4.26. The first-order valence-electron chi connectivity index (χ1n) is 5.80. The third kappa shape index (κ3) is 2.45. The summed E-state index contributed by atoms with van der Waals surface area (Å²) >= 11 is 6.08. The van der Waals surface area contributed by atoms with Gasteiger partial charge in [-0.2, -0.15) is 5.10 Å². The zero-order chi connectivity index (χ0) is 12.4. The first kappa shape index (κ1) is 12.4. The highest BCUT2D eigenvalue weighted by Crippen LogP contribution is 2.26. The lowest BCUT2D eigenvalue weighted by Crippen LogP contribution is -2.39. The Morgan fingerprint density at radius 1 is 1.65 bits per heavy atom. The van der Waals surface area contributed by atoms with Gasteiger partial charge in [-0.3, -0.25) is 4.79 Å². The average molecular weight is 257 g/mol. The molecule has 5 nitrogen and oxygen atoms in total. The van der Waals surface area contributed by atoms with Gasteiger partial charge in [0, 0.05) is 20.1 Å². The molecule has 1 saturated heterocycles. The minimum Gasteiger partial charge on any atom is -0.369 e. The van der Waals surface area contributed by atoms with Crippen LogP contribution in [0.15, 0.2) is 11.0 Å². The summed E-state index contributed by atoms with van der Waals surface area (Å²) in [5.41, 5.74) is 6.17. The first-order valence-corrected chi connectivity index (χ1v) is 6.18. The van der Waals surface area contributed by atoms with Gasteiger partial charge in [-0.1, -0.05) is 11.6 Å². The monoisotopic (exact) mass is 256 g/mol. The van der Waals surface area contributed by atoms with Crippen molar-refractivity contribution in [1.29, 1.82) is 0 Å². The van der Waals surface area contributed by atoms with Gasteiger partial charge in [0.1, 0.15) is 5.02 Å². The van der Waals surface area contributed by atoms with Gasteiger partial charge in [0.15, 0.2) is 0 Å². The molecule has 0 saturated carbocycles. The van der Waals surface area contributed by atoms with Gasteiger partial charge < -0.3 is 10.6 Å². The molecular formula is C11H17ClN4O. The molecule has 1 aromatic heterocycles. The second-order valence-corrected chi connectivity index (χ2v) is 4.84. The van der Waals surface area contributed by atoms with Gasteiger partial charge in [-0.15, -0.1) is 0 Å². The number of anilines is 1. The molecule has 0 spiro atoms. The van der Waals surface area contributed by atoms with E-state index in [-0.39, 0.29) is 10.6 Å². The van der Waals surface area contributed by atoms with E-state index in [4.69, 9.17) is 17.3 Å². The second kappa shape index (κ2) is 5.06. The number of piperidine rings is 1. The zero-order valence-electron chi connectivity index (χ0n) is 9.90. The number of aromatic nitrogens is 2. The molecule has 0 amide bonds. The maximum atomic E-state index is 11.7. The van der Waals surface area contributed by atoms with Crippen LogP contribution >= 0.6 is 11.6 Å². The molecule has 1 aromatic rings. The molecule has 1 aliphatic heterocycles. The molecular weight excluding hydrogens is 240 g/mol. The van der Waals surface area contributed by atoms with E-state index in [2.05, 4.69) is 10.00 Å². The van der Waals surface area contributed by atoms with Crippen molar-refractivity contribution in [2.75, 3.05) is 24.5 Å². The molecule has 6 heteroatoms. The normalized spacial score (nSPS) is 20.6. The van der Waals surface area contributed by atoms with Crippen molar-refractivity contribution in [2.45, 2.75) is 12.8 Å². The Hall–Kier alpha value is -1.07. The molecule has 1 atom stereocenters. The topological polar surface area (TPSA) is 64.2 Å². The molecule has 94 valence electrons. The van der Waals surface area contributed by atoms with Crippen molar-refractivity contribution >= 4 is 17.3 Å². The van der Waals surface area contributed by atoms with Gasteiger partial charge in [-0.25, -0.2) is 4.68 Å². The maximum absolute atomic E-state index is 11.7. The Bertz CT molecular complexity index is 459. The Labute approximate surface area is 105 Å². The van der Waals surface area contributed by atoms with Crippen molar-refractivity contribution in [3.8, 4) is 0 Å². The summed E-state index contributed by atoms with van der Waals surface area (Å²) in [7, 11) is 1.59. The largest absolute Gasteiger partial charge is 0.369 e. The Kier molecular flexibility index (Phi) is 3.69. The number of hydrogen-bond acceptors (Lipinski definition) is 4. The summed E-state index contributed by atoms with van der Waals surface area (Å²) in [5.74, 6) is 0.476. The molecule has 1 fully saturated rings. The van der Waals surface area contributed by atoms with Crippen LogP contribution in [0.2, 0.25) is 5.02 Å². The highest BCUT2D eigenvalue weighted by atomic mass is 35.5. The molecule has 0 bridgehead atoms.